The van der Waals surface area contributed by atoms with Gasteiger partial charge in [-0.05, 0) is 69.9 Å². The van der Waals surface area contributed by atoms with Gasteiger partial charge in [0.25, 0.3) is 0 Å². The molecule has 0 aromatic heterocycles. The largest absolute Gasteiger partial charge is 0.468 e. The Morgan fingerprint density at radius 1 is 0.828 bits per heavy atom. The Hall–Kier alpha value is -1.80. The highest BCUT2D eigenvalue weighted by atomic mass is 79.9. The Morgan fingerprint density at radius 2 is 1.45 bits per heavy atom. The lowest BCUT2D eigenvalue weighted by Gasteiger charge is -2.28. The number of hydrogen-bond donors (Lipinski definition) is 0. The molecular weight excluding hydrogens is 440 g/mol. The zero-order valence-electron chi connectivity index (χ0n) is 17.0. The van der Waals surface area contributed by atoms with Crippen molar-refractivity contribution in [2.24, 2.45) is 0 Å². The molecule has 6 nitrogen and oxygen atoms in total. The van der Waals surface area contributed by atoms with Gasteiger partial charge in [0.2, 0.25) is 0 Å². The number of hydrogen-bond acceptors (Lipinski definition) is 6. The summed E-state index contributed by atoms with van der Waals surface area (Å²) in [5.41, 5.74) is 3.70. The van der Waals surface area contributed by atoms with Crippen LogP contribution in [0.5, 0.6) is 17.2 Å². The van der Waals surface area contributed by atoms with Crippen molar-refractivity contribution < 1.29 is 28.4 Å². The molecule has 29 heavy (non-hydrogen) atoms. The molecule has 0 saturated heterocycles. The molecule has 0 spiro atoms. The fraction of sp³-hybridized carbons (Fsp3) is 0.455. The number of benzene rings is 2. The first-order chi connectivity index (χ1) is 14.2. The molecule has 1 aliphatic rings. The summed E-state index contributed by atoms with van der Waals surface area (Å²) in [6, 6.07) is 10.1. The Balaban J connectivity index is 1.85. The van der Waals surface area contributed by atoms with Crippen LogP contribution in [0.15, 0.2) is 34.8 Å². The molecule has 0 saturated carbocycles. The second-order valence-corrected chi connectivity index (χ2v) is 7.60. The van der Waals surface area contributed by atoms with Crippen molar-refractivity contribution in [2.45, 2.75) is 25.2 Å². The Kier molecular flexibility index (Phi) is 8.18. The average Bonchev–Trinajstić information content (AvgIpc) is 2.76. The third kappa shape index (κ3) is 5.42. The van der Waals surface area contributed by atoms with Crippen LogP contribution in [0.1, 0.15) is 29.0 Å². The van der Waals surface area contributed by atoms with Gasteiger partial charge in [0.05, 0.1) is 4.47 Å². The molecule has 158 valence electrons. The van der Waals surface area contributed by atoms with E-state index in [2.05, 4.69) is 28.1 Å². The predicted octanol–water partition coefficient (Wildman–Crippen LogP) is 4.67. The standard InChI is InChI=1S/C22H27BrO6/c1-24-12-27-17-7-4-15(5-8-17)16-6-9-18-19(10-16)22(23)21(29-14-26-3)11-20(18)28-13-25-2/h4-5,7-8,11,16H,6,9-10,12-14H2,1-3H3. The average molecular weight is 467 g/mol. The lowest BCUT2D eigenvalue weighted by molar-refractivity contribution is 0.0449. The van der Waals surface area contributed by atoms with Crippen molar-refractivity contribution in [3.8, 4) is 17.2 Å². The van der Waals surface area contributed by atoms with E-state index >= 15 is 0 Å². The third-order valence-electron chi connectivity index (χ3n) is 4.96. The van der Waals surface area contributed by atoms with Gasteiger partial charge in [0.15, 0.2) is 20.4 Å². The van der Waals surface area contributed by atoms with E-state index in [0.29, 0.717) is 11.7 Å². The van der Waals surface area contributed by atoms with Crippen molar-refractivity contribution >= 4 is 15.9 Å². The van der Waals surface area contributed by atoms with E-state index in [1.54, 1.807) is 21.3 Å². The smallest absolute Gasteiger partial charge is 0.188 e. The van der Waals surface area contributed by atoms with Crippen molar-refractivity contribution in [2.75, 3.05) is 41.7 Å². The third-order valence-corrected chi connectivity index (χ3v) is 5.83. The Bertz CT molecular complexity index is 793. The molecule has 2 aromatic carbocycles. The molecule has 1 unspecified atom stereocenters. The quantitative estimate of drug-likeness (QED) is 0.474. The summed E-state index contributed by atoms with van der Waals surface area (Å²) in [6.07, 6.45) is 2.85. The highest BCUT2D eigenvalue weighted by Crippen LogP contribution is 2.44. The molecule has 3 rings (SSSR count). The van der Waals surface area contributed by atoms with Gasteiger partial charge >= 0.3 is 0 Å². The lowest BCUT2D eigenvalue weighted by Crippen LogP contribution is -2.16. The number of ether oxygens (including phenoxy) is 6. The van der Waals surface area contributed by atoms with Gasteiger partial charge in [-0.3, -0.25) is 0 Å². The van der Waals surface area contributed by atoms with Crippen LogP contribution in [-0.2, 0) is 27.1 Å². The summed E-state index contributed by atoms with van der Waals surface area (Å²) in [5.74, 6) is 2.72. The molecule has 0 fully saturated rings. The zero-order chi connectivity index (χ0) is 20.6. The maximum atomic E-state index is 5.83. The SMILES string of the molecule is COCOc1ccc(C2CCc3c(OCOC)cc(OCOC)c(Br)c3C2)cc1. The first-order valence-electron chi connectivity index (χ1n) is 9.47. The van der Waals surface area contributed by atoms with Gasteiger partial charge in [0.1, 0.15) is 17.2 Å². The molecule has 0 aliphatic heterocycles. The van der Waals surface area contributed by atoms with Crippen LogP contribution >= 0.6 is 15.9 Å². The molecule has 1 aliphatic carbocycles. The molecule has 0 amide bonds. The van der Waals surface area contributed by atoms with E-state index in [1.165, 1.54) is 16.7 Å². The van der Waals surface area contributed by atoms with Crippen LogP contribution in [0.3, 0.4) is 0 Å². The minimum atomic E-state index is 0.174. The molecule has 2 aromatic rings. The first kappa shape index (κ1) is 21.9. The maximum absolute atomic E-state index is 5.83. The lowest BCUT2D eigenvalue weighted by atomic mass is 9.79. The molecule has 1 atom stereocenters. The normalized spacial score (nSPS) is 15.7. The maximum Gasteiger partial charge on any atom is 0.188 e. The number of rotatable bonds is 10. The molecule has 0 radical (unpaired) electrons. The summed E-state index contributed by atoms with van der Waals surface area (Å²) >= 11 is 3.74. The van der Waals surface area contributed by atoms with E-state index in [1.807, 2.05) is 18.2 Å². The van der Waals surface area contributed by atoms with E-state index in [9.17, 15) is 0 Å². The van der Waals surface area contributed by atoms with E-state index in [4.69, 9.17) is 28.4 Å². The number of methoxy groups -OCH3 is 3. The Labute approximate surface area is 180 Å². The first-order valence-corrected chi connectivity index (χ1v) is 10.3. The van der Waals surface area contributed by atoms with Gasteiger partial charge < -0.3 is 28.4 Å². The minimum Gasteiger partial charge on any atom is -0.468 e. The van der Waals surface area contributed by atoms with Gasteiger partial charge in [-0.15, -0.1) is 0 Å². The van der Waals surface area contributed by atoms with Crippen LogP contribution in [-0.4, -0.2) is 41.7 Å². The molecule has 7 heteroatoms. The highest BCUT2D eigenvalue weighted by molar-refractivity contribution is 9.10. The highest BCUT2D eigenvalue weighted by Gasteiger charge is 2.27. The van der Waals surface area contributed by atoms with E-state index in [-0.39, 0.29) is 20.4 Å². The molecule has 0 N–H and O–H groups in total. The van der Waals surface area contributed by atoms with Crippen molar-refractivity contribution in [3.63, 3.8) is 0 Å². The fourth-order valence-electron chi connectivity index (χ4n) is 3.58. The summed E-state index contributed by atoms with van der Waals surface area (Å²) < 4.78 is 33.1. The van der Waals surface area contributed by atoms with Crippen molar-refractivity contribution in [1.82, 2.24) is 0 Å². The Morgan fingerprint density at radius 3 is 2.10 bits per heavy atom. The van der Waals surface area contributed by atoms with Gasteiger partial charge in [0, 0.05) is 27.4 Å². The van der Waals surface area contributed by atoms with Crippen LogP contribution < -0.4 is 14.2 Å². The van der Waals surface area contributed by atoms with Crippen LogP contribution in [0.2, 0.25) is 0 Å². The predicted molar refractivity (Wildman–Crippen MR) is 113 cm³/mol. The van der Waals surface area contributed by atoms with Crippen molar-refractivity contribution in [3.05, 3.63) is 51.5 Å². The molecular formula is C22H27BrO6. The minimum absolute atomic E-state index is 0.174. The molecule has 0 bridgehead atoms. The zero-order valence-corrected chi connectivity index (χ0v) is 18.6. The monoisotopic (exact) mass is 466 g/mol. The van der Waals surface area contributed by atoms with Crippen LogP contribution in [0.25, 0.3) is 0 Å². The fourth-order valence-corrected chi connectivity index (χ4v) is 4.21. The summed E-state index contributed by atoms with van der Waals surface area (Å²) in [5, 5.41) is 0. The second-order valence-electron chi connectivity index (χ2n) is 6.81. The second kappa shape index (κ2) is 10.8. The number of fused-ring (bicyclic) bond motifs is 1. The van der Waals surface area contributed by atoms with Gasteiger partial charge in [-0.1, -0.05) is 12.1 Å². The summed E-state index contributed by atoms with van der Waals surface area (Å²) in [4.78, 5) is 0. The number of halogens is 1. The summed E-state index contributed by atoms with van der Waals surface area (Å²) in [6.45, 7) is 0.620. The van der Waals surface area contributed by atoms with E-state index < -0.39 is 0 Å². The van der Waals surface area contributed by atoms with E-state index in [0.717, 1.165) is 35.2 Å². The van der Waals surface area contributed by atoms with Crippen molar-refractivity contribution in [1.29, 1.82) is 0 Å². The van der Waals surface area contributed by atoms with Crippen LogP contribution in [0.4, 0.5) is 0 Å². The van der Waals surface area contributed by atoms with Crippen LogP contribution in [0, 0.1) is 0 Å². The summed E-state index contributed by atoms with van der Waals surface area (Å²) in [7, 11) is 4.83. The molecule has 0 heterocycles. The topological polar surface area (TPSA) is 55.4 Å². The van der Waals surface area contributed by atoms with Gasteiger partial charge in [-0.25, -0.2) is 0 Å². The van der Waals surface area contributed by atoms with Gasteiger partial charge in [-0.2, -0.15) is 0 Å².